The van der Waals surface area contributed by atoms with E-state index in [9.17, 15) is 4.79 Å². The molecule has 2 heterocycles. The van der Waals surface area contributed by atoms with Crippen LogP contribution in [0.15, 0.2) is 24.5 Å². The summed E-state index contributed by atoms with van der Waals surface area (Å²) in [6, 6.07) is 5.56. The Morgan fingerprint density at radius 3 is 3.05 bits per heavy atom. The molecule has 1 aromatic heterocycles. The first kappa shape index (κ1) is 14.5. The number of urea groups is 1. The van der Waals surface area contributed by atoms with E-state index in [1.807, 2.05) is 32.0 Å². The van der Waals surface area contributed by atoms with Crippen LogP contribution in [-0.4, -0.2) is 56.9 Å². The summed E-state index contributed by atoms with van der Waals surface area (Å²) in [5.41, 5.74) is 2.52. The Morgan fingerprint density at radius 2 is 2.32 bits per heavy atom. The standard InChI is InChI=1S/C14H18N6O2/c1-10-3-4-12(20-9-15-17-18-20)7-13(10)16-14(21)19-5-6-22-11(2)8-19/h3-4,7,9,11H,5-6,8H2,1-2H3,(H,16,21). The highest BCUT2D eigenvalue weighted by Gasteiger charge is 2.21. The van der Waals surface area contributed by atoms with Crippen LogP contribution in [0.25, 0.3) is 5.69 Å². The summed E-state index contributed by atoms with van der Waals surface area (Å²) in [6.45, 7) is 5.67. The van der Waals surface area contributed by atoms with E-state index in [2.05, 4.69) is 20.8 Å². The van der Waals surface area contributed by atoms with Crippen LogP contribution in [0.3, 0.4) is 0 Å². The second kappa shape index (κ2) is 6.10. The van der Waals surface area contributed by atoms with E-state index in [1.54, 1.807) is 9.58 Å². The van der Waals surface area contributed by atoms with Crippen molar-refractivity contribution in [1.29, 1.82) is 0 Å². The van der Waals surface area contributed by atoms with Gasteiger partial charge in [-0.3, -0.25) is 0 Å². The van der Waals surface area contributed by atoms with E-state index in [1.165, 1.54) is 6.33 Å². The summed E-state index contributed by atoms with van der Waals surface area (Å²) in [5, 5.41) is 14.0. The van der Waals surface area contributed by atoms with Crippen molar-refractivity contribution in [2.24, 2.45) is 0 Å². The minimum Gasteiger partial charge on any atom is -0.375 e. The molecule has 0 aliphatic carbocycles. The Kier molecular flexibility index (Phi) is 4.01. The molecule has 1 aliphatic rings. The SMILES string of the molecule is Cc1ccc(-n2cnnn2)cc1NC(=O)N1CCOC(C)C1. The molecule has 1 aromatic carbocycles. The predicted molar refractivity (Wildman–Crippen MR) is 79.9 cm³/mol. The molecule has 8 nitrogen and oxygen atoms in total. The molecular weight excluding hydrogens is 284 g/mol. The molecule has 8 heteroatoms. The van der Waals surface area contributed by atoms with Crippen molar-refractivity contribution >= 4 is 11.7 Å². The number of aryl methyl sites for hydroxylation is 1. The summed E-state index contributed by atoms with van der Waals surface area (Å²) in [7, 11) is 0. The highest BCUT2D eigenvalue weighted by molar-refractivity contribution is 5.90. The van der Waals surface area contributed by atoms with E-state index < -0.39 is 0 Å². The van der Waals surface area contributed by atoms with Crippen LogP contribution in [-0.2, 0) is 4.74 Å². The topological polar surface area (TPSA) is 85.2 Å². The minimum atomic E-state index is -0.118. The van der Waals surface area contributed by atoms with Gasteiger partial charge in [-0.1, -0.05) is 6.07 Å². The van der Waals surface area contributed by atoms with Crippen molar-refractivity contribution in [2.75, 3.05) is 25.0 Å². The van der Waals surface area contributed by atoms with Gasteiger partial charge in [0.15, 0.2) is 0 Å². The molecular formula is C14H18N6O2. The number of nitrogens with one attached hydrogen (secondary N) is 1. The van der Waals surface area contributed by atoms with Gasteiger partial charge in [-0.05, 0) is 42.0 Å². The molecule has 2 aromatic rings. The third-order valence-corrected chi connectivity index (χ3v) is 3.60. The van der Waals surface area contributed by atoms with Crippen LogP contribution in [0, 0.1) is 6.92 Å². The second-order valence-corrected chi connectivity index (χ2v) is 5.31. The fourth-order valence-corrected chi connectivity index (χ4v) is 2.36. The number of nitrogens with zero attached hydrogens (tertiary/aromatic N) is 5. The van der Waals surface area contributed by atoms with Gasteiger partial charge >= 0.3 is 6.03 Å². The molecule has 2 amide bonds. The van der Waals surface area contributed by atoms with Crippen LogP contribution in [0.5, 0.6) is 0 Å². The number of carbonyl (C=O) groups excluding carboxylic acids is 1. The lowest BCUT2D eigenvalue weighted by Crippen LogP contribution is -2.46. The molecule has 0 bridgehead atoms. The zero-order valence-corrected chi connectivity index (χ0v) is 12.6. The van der Waals surface area contributed by atoms with Gasteiger partial charge in [0.25, 0.3) is 0 Å². The number of ether oxygens (including phenoxy) is 1. The van der Waals surface area contributed by atoms with Crippen molar-refractivity contribution in [3.63, 3.8) is 0 Å². The maximum absolute atomic E-state index is 12.4. The number of morpholine rings is 1. The number of carbonyl (C=O) groups is 1. The zero-order chi connectivity index (χ0) is 15.5. The van der Waals surface area contributed by atoms with Gasteiger partial charge in [0.1, 0.15) is 6.33 Å². The fourth-order valence-electron chi connectivity index (χ4n) is 2.36. The van der Waals surface area contributed by atoms with Gasteiger partial charge in [-0.2, -0.15) is 0 Å². The van der Waals surface area contributed by atoms with Crippen molar-refractivity contribution in [2.45, 2.75) is 20.0 Å². The van der Waals surface area contributed by atoms with E-state index in [4.69, 9.17) is 4.74 Å². The van der Waals surface area contributed by atoms with Gasteiger partial charge in [0.2, 0.25) is 0 Å². The number of rotatable bonds is 2. The Morgan fingerprint density at radius 1 is 1.45 bits per heavy atom. The number of aromatic nitrogens is 4. The largest absolute Gasteiger partial charge is 0.375 e. The number of hydrogen-bond acceptors (Lipinski definition) is 5. The quantitative estimate of drug-likeness (QED) is 0.901. The normalized spacial score (nSPS) is 18.3. The van der Waals surface area contributed by atoms with E-state index in [0.717, 1.165) is 16.9 Å². The second-order valence-electron chi connectivity index (χ2n) is 5.31. The van der Waals surface area contributed by atoms with Gasteiger partial charge in [0.05, 0.1) is 18.4 Å². The van der Waals surface area contributed by atoms with E-state index in [0.29, 0.717) is 19.7 Å². The number of tetrazole rings is 1. The fraction of sp³-hybridized carbons (Fsp3) is 0.429. The molecule has 1 atom stereocenters. The number of hydrogen-bond donors (Lipinski definition) is 1. The summed E-state index contributed by atoms with van der Waals surface area (Å²) in [4.78, 5) is 14.1. The van der Waals surface area contributed by atoms with Crippen LogP contribution < -0.4 is 5.32 Å². The maximum atomic E-state index is 12.4. The van der Waals surface area contributed by atoms with Crippen molar-refractivity contribution in [3.05, 3.63) is 30.1 Å². The number of benzene rings is 1. The summed E-state index contributed by atoms with van der Waals surface area (Å²) in [6.07, 6.45) is 1.58. The smallest absolute Gasteiger partial charge is 0.322 e. The molecule has 1 saturated heterocycles. The average Bonchev–Trinajstić information content (AvgIpc) is 3.04. The Balaban J connectivity index is 1.76. The molecule has 0 radical (unpaired) electrons. The molecule has 1 fully saturated rings. The number of anilines is 1. The van der Waals surface area contributed by atoms with Crippen LogP contribution in [0.2, 0.25) is 0 Å². The summed E-state index contributed by atoms with van der Waals surface area (Å²) >= 11 is 0. The van der Waals surface area contributed by atoms with E-state index in [-0.39, 0.29) is 12.1 Å². The van der Waals surface area contributed by atoms with Gasteiger partial charge in [0, 0.05) is 18.8 Å². The van der Waals surface area contributed by atoms with Crippen LogP contribution in [0.4, 0.5) is 10.5 Å². The molecule has 0 saturated carbocycles. The lowest BCUT2D eigenvalue weighted by molar-refractivity contribution is -0.00138. The third-order valence-electron chi connectivity index (χ3n) is 3.60. The molecule has 116 valence electrons. The molecule has 1 aliphatic heterocycles. The predicted octanol–water partition coefficient (Wildman–Crippen LogP) is 1.22. The lowest BCUT2D eigenvalue weighted by Gasteiger charge is -2.31. The first-order valence-electron chi connectivity index (χ1n) is 7.15. The first-order chi connectivity index (χ1) is 10.6. The maximum Gasteiger partial charge on any atom is 0.322 e. The molecule has 1 N–H and O–H groups in total. The summed E-state index contributed by atoms with van der Waals surface area (Å²) in [5.74, 6) is 0. The van der Waals surface area contributed by atoms with Gasteiger partial charge < -0.3 is 15.0 Å². The third kappa shape index (κ3) is 3.06. The lowest BCUT2D eigenvalue weighted by atomic mass is 10.2. The molecule has 1 unspecified atom stereocenters. The summed E-state index contributed by atoms with van der Waals surface area (Å²) < 4.78 is 7.00. The highest BCUT2D eigenvalue weighted by atomic mass is 16.5. The zero-order valence-electron chi connectivity index (χ0n) is 12.6. The van der Waals surface area contributed by atoms with E-state index >= 15 is 0 Å². The monoisotopic (exact) mass is 302 g/mol. The van der Waals surface area contributed by atoms with Gasteiger partial charge in [-0.15, -0.1) is 5.10 Å². The molecule has 3 rings (SSSR count). The number of amides is 2. The Labute approximate surface area is 128 Å². The minimum absolute atomic E-state index is 0.0631. The Hall–Kier alpha value is -2.48. The van der Waals surface area contributed by atoms with Gasteiger partial charge in [-0.25, -0.2) is 9.48 Å². The van der Waals surface area contributed by atoms with Crippen molar-refractivity contribution in [1.82, 2.24) is 25.1 Å². The first-order valence-corrected chi connectivity index (χ1v) is 7.15. The molecule has 0 spiro atoms. The average molecular weight is 302 g/mol. The molecule has 22 heavy (non-hydrogen) atoms. The Bertz CT molecular complexity index is 657. The van der Waals surface area contributed by atoms with Crippen molar-refractivity contribution < 1.29 is 9.53 Å². The van der Waals surface area contributed by atoms with Crippen LogP contribution >= 0.6 is 0 Å². The highest BCUT2D eigenvalue weighted by Crippen LogP contribution is 2.19. The van der Waals surface area contributed by atoms with Crippen LogP contribution in [0.1, 0.15) is 12.5 Å². The van der Waals surface area contributed by atoms with Crippen molar-refractivity contribution in [3.8, 4) is 5.69 Å².